The second kappa shape index (κ2) is 3.95. The summed E-state index contributed by atoms with van der Waals surface area (Å²) in [5.41, 5.74) is 0. The molecule has 0 saturated carbocycles. The minimum Gasteiger partial charge on any atom is -0.480 e. The van der Waals surface area contributed by atoms with Crippen molar-refractivity contribution in [2.45, 2.75) is 19.1 Å². The van der Waals surface area contributed by atoms with Crippen LogP contribution in [0.4, 0.5) is 5.88 Å². The van der Waals surface area contributed by atoms with Crippen LogP contribution in [-0.2, 0) is 4.79 Å². The molecule has 0 radical (unpaired) electrons. The lowest BCUT2D eigenvalue weighted by Gasteiger charge is -2.15. The first-order valence-electron chi connectivity index (χ1n) is 3.82. The second-order valence-electron chi connectivity index (χ2n) is 2.68. The van der Waals surface area contributed by atoms with Crippen LogP contribution in [-0.4, -0.2) is 28.3 Å². The first-order chi connectivity index (χ1) is 6.11. The van der Waals surface area contributed by atoms with Crippen molar-refractivity contribution < 1.29 is 19.4 Å². The van der Waals surface area contributed by atoms with Gasteiger partial charge in [0.25, 0.3) is 0 Å². The van der Waals surface area contributed by atoms with Crippen molar-refractivity contribution in [3.63, 3.8) is 0 Å². The van der Waals surface area contributed by atoms with Crippen LogP contribution in [0.3, 0.4) is 0 Å². The molecule has 0 saturated heterocycles. The Labute approximate surface area is 75.0 Å². The van der Waals surface area contributed by atoms with Gasteiger partial charge in [-0.05, 0) is 13.0 Å². The summed E-state index contributed by atoms with van der Waals surface area (Å²) in [7, 11) is 0. The van der Waals surface area contributed by atoms with Crippen molar-refractivity contribution >= 4 is 11.9 Å². The molecule has 2 atom stereocenters. The molecule has 13 heavy (non-hydrogen) atoms. The monoisotopic (exact) mass is 185 g/mol. The number of aliphatic carboxylic acids is 1. The molecule has 5 heteroatoms. The summed E-state index contributed by atoms with van der Waals surface area (Å²) in [5, 5.41) is 20.3. The van der Waals surface area contributed by atoms with Gasteiger partial charge in [-0.1, -0.05) is 0 Å². The number of carboxylic acids is 1. The van der Waals surface area contributed by atoms with Crippen molar-refractivity contribution in [2.24, 2.45) is 0 Å². The zero-order valence-corrected chi connectivity index (χ0v) is 7.10. The first kappa shape index (κ1) is 9.60. The van der Waals surface area contributed by atoms with Gasteiger partial charge in [0, 0.05) is 6.07 Å². The van der Waals surface area contributed by atoms with Gasteiger partial charge in [-0.15, -0.1) is 0 Å². The highest BCUT2D eigenvalue weighted by Crippen LogP contribution is 2.10. The van der Waals surface area contributed by atoms with E-state index in [1.807, 2.05) is 0 Å². The van der Waals surface area contributed by atoms with E-state index in [0.29, 0.717) is 5.88 Å². The van der Waals surface area contributed by atoms with E-state index < -0.39 is 18.1 Å². The van der Waals surface area contributed by atoms with Crippen LogP contribution in [0.5, 0.6) is 0 Å². The van der Waals surface area contributed by atoms with Gasteiger partial charge in [-0.25, -0.2) is 4.79 Å². The van der Waals surface area contributed by atoms with Gasteiger partial charge in [0.2, 0.25) is 0 Å². The Bertz CT molecular complexity index is 268. The molecule has 0 aliphatic heterocycles. The number of rotatable bonds is 4. The number of hydrogen-bond acceptors (Lipinski definition) is 4. The maximum Gasteiger partial charge on any atom is 0.328 e. The molecule has 72 valence electrons. The van der Waals surface area contributed by atoms with E-state index in [1.54, 1.807) is 12.1 Å². The average Bonchev–Trinajstić information content (AvgIpc) is 2.50. The van der Waals surface area contributed by atoms with Crippen LogP contribution < -0.4 is 5.32 Å². The number of carbonyl (C=O) groups is 1. The van der Waals surface area contributed by atoms with Gasteiger partial charge in [-0.2, -0.15) is 0 Å². The Morgan fingerprint density at radius 2 is 2.38 bits per heavy atom. The summed E-state index contributed by atoms with van der Waals surface area (Å²) in [6.07, 6.45) is 0.436. The molecule has 1 heterocycles. The lowest BCUT2D eigenvalue weighted by atomic mass is 10.2. The van der Waals surface area contributed by atoms with E-state index in [4.69, 9.17) is 14.6 Å². The number of carboxylic acid groups (broad SMARTS) is 1. The number of anilines is 1. The van der Waals surface area contributed by atoms with Crippen molar-refractivity contribution in [3.05, 3.63) is 18.4 Å². The lowest BCUT2D eigenvalue weighted by Crippen LogP contribution is -2.38. The Hall–Kier alpha value is -1.49. The molecular formula is C8H11NO4. The van der Waals surface area contributed by atoms with Gasteiger partial charge in [-0.3, -0.25) is 0 Å². The van der Waals surface area contributed by atoms with E-state index in [1.165, 1.54) is 13.2 Å². The molecule has 0 fully saturated rings. The molecular weight excluding hydrogens is 174 g/mol. The molecule has 3 N–H and O–H groups in total. The molecule has 5 nitrogen and oxygen atoms in total. The van der Waals surface area contributed by atoms with Crippen LogP contribution in [0, 0.1) is 0 Å². The minimum atomic E-state index is -1.12. The van der Waals surface area contributed by atoms with Crippen LogP contribution in [0.15, 0.2) is 22.8 Å². The first-order valence-corrected chi connectivity index (χ1v) is 3.82. The zero-order valence-electron chi connectivity index (χ0n) is 7.10. The predicted molar refractivity (Wildman–Crippen MR) is 45.4 cm³/mol. The van der Waals surface area contributed by atoms with Crippen LogP contribution in [0.1, 0.15) is 6.92 Å². The van der Waals surface area contributed by atoms with Crippen LogP contribution >= 0.6 is 0 Å². The highest BCUT2D eigenvalue weighted by Gasteiger charge is 2.23. The summed E-state index contributed by atoms with van der Waals surface area (Å²) in [4.78, 5) is 10.6. The Morgan fingerprint density at radius 3 is 2.77 bits per heavy atom. The quantitative estimate of drug-likeness (QED) is 0.637. The largest absolute Gasteiger partial charge is 0.480 e. The molecule has 1 rings (SSSR count). The molecule has 0 amide bonds. The maximum atomic E-state index is 10.6. The van der Waals surface area contributed by atoms with Gasteiger partial charge in [0.05, 0.1) is 12.4 Å². The molecule has 1 aromatic heterocycles. The highest BCUT2D eigenvalue weighted by molar-refractivity contribution is 5.77. The highest BCUT2D eigenvalue weighted by atomic mass is 16.4. The summed E-state index contributed by atoms with van der Waals surface area (Å²) < 4.78 is 4.88. The Kier molecular flexibility index (Phi) is 2.92. The van der Waals surface area contributed by atoms with Crippen molar-refractivity contribution in [1.29, 1.82) is 0 Å². The van der Waals surface area contributed by atoms with E-state index >= 15 is 0 Å². The van der Waals surface area contributed by atoms with E-state index in [-0.39, 0.29) is 0 Å². The Balaban J connectivity index is 2.63. The third-order valence-corrected chi connectivity index (χ3v) is 1.57. The third kappa shape index (κ3) is 2.48. The maximum absolute atomic E-state index is 10.6. The van der Waals surface area contributed by atoms with Crippen molar-refractivity contribution in [3.8, 4) is 0 Å². The minimum absolute atomic E-state index is 0.327. The smallest absolute Gasteiger partial charge is 0.328 e. The molecule has 0 unspecified atom stereocenters. The number of aliphatic hydroxyl groups is 1. The number of aliphatic hydroxyl groups excluding tert-OH is 1. The normalized spacial score (nSPS) is 14.9. The second-order valence-corrected chi connectivity index (χ2v) is 2.68. The molecule has 0 aliphatic rings. The van der Waals surface area contributed by atoms with E-state index in [9.17, 15) is 4.79 Å². The topological polar surface area (TPSA) is 82.7 Å². The average molecular weight is 185 g/mol. The van der Waals surface area contributed by atoms with Crippen LogP contribution in [0.2, 0.25) is 0 Å². The zero-order chi connectivity index (χ0) is 9.84. The van der Waals surface area contributed by atoms with Crippen molar-refractivity contribution in [1.82, 2.24) is 0 Å². The third-order valence-electron chi connectivity index (χ3n) is 1.57. The fourth-order valence-corrected chi connectivity index (χ4v) is 0.903. The lowest BCUT2D eigenvalue weighted by molar-refractivity contribution is -0.140. The van der Waals surface area contributed by atoms with E-state index in [0.717, 1.165) is 0 Å². The summed E-state index contributed by atoms with van der Waals surface area (Å²) >= 11 is 0. The van der Waals surface area contributed by atoms with Gasteiger partial charge in [0.1, 0.15) is 0 Å². The summed E-state index contributed by atoms with van der Waals surface area (Å²) in [6, 6.07) is 2.16. The van der Waals surface area contributed by atoms with Gasteiger partial charge >= 0.3 is 5.97 Å². The summed E-state index contributed by atoms with van der Waals surface area (Å²) in [6.45, 7) is 1.40. The molecule has 1 aromatic rings. The Morgan fingerprint density at radius 1 is 1.69 bits per heavy atom. The standard InChI is InChI=1S/C8H11NO4/c1-5(10)7(8(11)12)9-6-3-2-4-13-6/h2-5,7,9-10H,1H3,(H,11,12)/t5-,7+/m1/s1. The molecule has 0 aromatic carbocycles. The summed E-state index contributed by atoms with van der Waals surface area (Å²) in [5.74, 6) is -0.792. The molecule has 0 aliphatic carbocycles. The molecule has 0 bridgehead atoms. The van der Waals surface area contributed by atoms with E-state index in [2.05, 4.69) is 5.32 Å². The number of nitrogens with one attached hydrogen (secondary N) is 1. The number of furan rings is 1. The van der Waals surface area contributed by atoms with Gasteiger partial charge < -0.3 is 19.9 Å². The fraction of sp³-hybridized carbons (Fsp3) is 0.375. The van der Waals surface area contributed by atoms with Crippen molar-refractivity contribution in [2.75, 3.05) is 5.32 Å². The van der Waals surface area contributed by atoms with Crippen LogP contribution in [0.25, 0.3) is 0 Å². The van der Waals surface area contributed by atoms with Gasteiger partial charge in [0.15, 0.2) is 11.9 Å². The number of hydrogen-bond donors (Lipinski definition) is 3. The SMILES string of the molecule is C[C@@H](O)[C@H](Nc1ccco1)C(=O)O. The molecule has 0 spiro atoms. The predicted octanol–water partition coefficient (Wildman–Crippen LogP) is 0.525. The fourth-order valence-electron chi connectivity index (χ4n) is 0.903.